The lowest BCUT2D eigenvalue weighted by Gasteiger charge is -2.59. The molecule has 0 bridgehead atoms. The zero-order chi connectivity index (χ0) is 23.8. The largest absolute Gasteiger partial charge is 0.458 e. The number of hydrogen-bond acceptors (Lipinski definition) is 7. The van der Waals surface area contributed by atoms with Crippen molar-refractivity contribution in [3.8, 4) is 0 Å². The Morgan fingerprint density at radius 2 is 2.06 bits per heavy atom. The predicted molar refractivity (Wildman–Crippen MR) is 118 cm³/mol. The highest BCUT2D eigenvalue weighted by atomic mass is 16.7. The number of ketones is 2. The molecule has 4 aliphatic carbocycles. The Bertz CT molecular complexity index is 952. The fourth-order valence-electron chi connectivity index (χ4n) is 8.10. The lowest BCUT2D eigenvalue weighted by molar-refractivity contribution is -0.201. The lowest BCUT2D eigenvalue weighted by Crippen LogP contribution is -2.63. The Morgan fingerprint density at radius 1 is 1.30 bits per heavy atom. The molecular weight excluding hydrogens is 424 g/mol. The second-order valence-corrected chi connectivity index (χ2v) is 11.0. The van der Waals surface area contributed by atoms with Gasteiger partial charge in [0.15, 0.2) is 24.3 Å². The van der Waals surface area contributed by atoms with Crippen LogP contribution in [0.5, 0.6) is 0 Å². The molecule has 4 fully saturated rings. The molecule has 7 nitrogen and oxygen atoms in total. The molecule has 0 aromatic rings. The van der Waals surface area contributed by atoms with Gasteiger partial charge < -0.3 is 19.3 Å². The van der Waals surface area contributed by atoms with Gasteiger partial charge in [-0.25, -0.2) is 0 Å². The molecule has 0 amide bonds. The third-order valence-electron chi connectivity index (χ3n) is 9.44. The Balaban J connectivity index is 1.54. The molecule has 1 heterocycles. The van der Waals surface area contributed by atoms with Crippen LogP contribution in [-0.2, 0) is 28.6 Å². The van der Waals surface area contributed by atoms with Gasteiger partial charge >= 0.3 is 5.97 Å². The second kappa shape index (κ2) is 7.59. The van der Waals surface area contributed by atoms with E-state index in [0.29, 0.717) is 19.3 Å². The number of hydrogen-bond donors (Lipinski definition) is 1. The van der Waals surface area contributed by atoms with E-state index in [0.717, 1.165) is 18.4 Å². The monoisotopic (exact) mass is 458 g/mol. The summed E-state index contributed by atoms with van der Waals surface area (Å²) in [5.41, 5.74) is -1.17. The molecule has 0 radical (unpaired) electrons. The number of carbonyl (C=O) groups excluding carboxylic acids is 3. The smallest absolute Gasteiger partial charge is 0.303 e. The zero-order valence-corrected chi connectivity index (χ0v) is 19.8. The number of ether oxygens (including phenoxy) is 3. The topological polar surface area (TPSA) is 99.1 Å². The van der Waals surface area contributed by atoms with Crippen LogP contribution in [0.15, 0.2) is 23.8 Å². The average Bonchev–Trinajstić information content (AvgIpc) is 3.25. The molecule has 33 heavy (non-hydrogen) atoms. The van der Waals surface area contributed by atoms with Crippen molar-refractivity contribution in [1.82, 2.24) is 0 Å². The predicted octanol–water partition coefficient (Wildman–Crippen LogP) is 2.90. The van der Waals surface area contributed by atoms with Crippen LogP contribution in [0.1, 0.15) is 59.8 Å². The van der Waals surface area contributed by atoms with E-state index in [1.165, 1.54) is 6.92 Å². The van der Waals surface area contributed by atoms with E-state index in [2.05, 4.69) is 13.8 Å². The maximum Gasteiger partial charge on any atom is 0.303 e. The lowest BCUT2D eigenvalue weighted by atomic mass is 9.46. The SMILES string of the molecule is CCC1OC2CC3C4CCC5=CC(=O)C=CC5(C)C4C(O)CC3(C)C2(C(=O)COC(C)=O)O1. The van der Waals surface area contributed by atoms with E-state index in [9.17, 15) is 19.5 Å². The van der Waals surface area contributed by atoms with Crippen LogP contribution in [0.25, 0.3) is 0 Å². The van der Waals surface area contributed by atoms with Gasteiger partial charge in [-0.05, 0) is 56.1 Å². The Hall–Kier alpha value is -1.83. The van der Waals surface area contributed by atoms with Gasteiger partial charge in [0.2, 0.25) is 5.78 Å². The highest BCUT2D eigenvalue weighted by Gasteiger charge is 2.75. The summed E-state index contributed by atoms with van der Waals surface area (Å²) in [7, 11) is 0. The third kappa shape index (κ3) is 3.01. The van der Waals surface area contributed by atoms with Gasteiger partial charge in [0, 0.05) is 23.7 Å². The van der Waals surface area contributed by atoms with E-state index in [4.69, 9.17) is 14.2 Å². The second-order valence-electron chi connectivity index (χ2n) is 11.0. The molecule has 5 aliphatic rings. The van der Waals surface area contributed by atoms with Crippen LogP contribution in [0, 0.1) is 28.6 Å². The van der Waals surface area contributed by atoms with Crippen molar-refractivity contribution in [1.29, 1.82) is 0 Å². The number of aliphatic hydroxyl groups is 1. The van der Waals surface area contributed by atoms with Crippen molar-refractivity contribution >= 4 is 17.5 Å². The van der Waals surface area contributed by atoms with Gasteiger partial charge in [-0.2, -0.15) is 0 Å². The number of fused-ring (bicyclic) bond motifs is 7. The summed E-state index contributed by atoms with van der Waals surface area (Å²) in [4.78, 5) is 37.1. The minimum atomic E-state index is -1.24. The van der Waals surface area contributed by atoms with Crippen molar-refractivity contribution in [3.05, 3.63) is 23.8 Å². The number of rotatable bonds is 4. The summed E-state index contributed by atoms with van der Waals surface area (Å²) in [6.07, 6.45) is 7.08. The van der Waals surface area contributed by atoms with Gasteiger partial charge in [-0.15, -0.1) is 0 Å². The van der Waals surface area contributed by atoms with Crippen LogP contribution >= 0.6 is 0 Å². The number of aliphatic hydroxyl groups excluding tert-OH is 1. The fraction of sp³-hybridized carbons (Fsp3) is 0.731. The zero-order valence-electron chi connectivity index (χ0n) is 19.8. The summed E-state index contributed by atoms with van der Waals surface area (Å²) < 4.78 is 17.8. The summed E-state index contributed by atoms with van der Waals surface area (Å²) in [6.45, 7) is 7.06. The Labute approximate surface area is 194 Å². The average molecular weight is 459 g/mol. The van der Waals surface area contributed by atoms with Crippen LogP contribution in [0.2, 0.25) is 0 Å². The van der Waals surface area contributed by atoms with Crippen molar-refractivity contribution < 1.29 is 33.7 Å². The van der Waals surface area contributed by atoms with E-state index in [1.54, 1.807) is 12.2 Å². The van der Waals surface area contributed by atoms with E-state index >= 15 is 0 Å². The van der Waals surface area contributed by atoms with Gasteiger partial charge in [-0.3, -0.25) is 14.4 Å². The Morgan fingerprint density at radius 3 is 2.76 bits per heavy atom. The molecular formula is C26H34O7. The molecule has 1 aliphatic heterocycles. The van der Waals surface area contributed by atoms with Gasteiger partial charge in [-0.1, -0.05) is 32.4 Å². The van der Waals surface area contributed by atoms with Crippen LogP contribution in [0.4, 0.5) is 0 Å². The molecule has 5 rings (SSSR count). The van der Waals surface area contributed by atoms with Crippen molar-refractivity contribution in [2.75, 3.05) is 6.61 Å². The standard InChI is InChI=1S/C26H34O7/c1-5-22-32-21-11-18-17-7-6-15-10-16(28)8-9-24(15,3)23(17)19(29)12-25(18,4)26(21,33-22)20(30)13-31-14(2)27/h8-10,17-19,21-23,29H,5-7,11-13H2,1-4H3. The Kier molecular flexibility index (Phi) is 5.27. The van der Waals surface area contributed by atoms with Crippen molar-refractivity contribution in [3.63, 3.8) is 0 Å². The minimum absolute atomic E-state index is 0.00823. The first-order valence-electron chi connectivity index (χ1n) is 12.2. The minimum Gasteiger partial charge on any atom is -0.458 e. The maximum atomic E-state index is 13.6. The summed E-state index contributed by atoms with van der Waals surface area (Å²) in [6, 6.07) is 0. The van der Waals surface area contributed by atoms with Crippen LogP contribution in [-0.4, -0.2) is 53.3 Å². The first-order chi connectivity index (χ1) is 15.6. The van der Waals surface area contributed by atoms with Crippen molar-refractivity contribution in [2.45, 2.75) is 83.9 Å². The van der Waals surface area contributed by atoms with Gasteiger partial charge in [0.1, 0.15) is 0 Å². The first-order valence-corrected chi connectivity index (χ1v) is 12.2. The molecule has 3 saturated carbocycles. The highest BCUT2D eigenvalue weighted by molar-refractivity contribution is 6.01. The molecule has 180 valence electrons. The molecule has 9 unspecified atom stereocenters. The molecule has 1 saturated heterocycles. The van der Waals surface area contributed by atoms with Gasteiger partial charge in [0.25, 0.3) is 0 Å². The van der Waals surface area contributed by atoms with Crippen molar-refractivity contribution in [2.24, 2.45) is 28.6 Å². The number of carbonyl (C=O) groups is 3. The van der Waals surface area contributed by atoms with E-state index < -0.39 is 35.5 Å². The fourth-order valence-corrected chi connectivity index (χ4v) is 8.10. The maximum absolute atomic E-state index is 13.6. The summed E-state index contributed by atoms with van der Waals surface area (Å²) in [5.74, 6) is -0.548. The third-order valence-corrected chi connectivity index (χ3v) is 9.44. The summed E-state index contributed by atoms with van der Waals surface area (Å²) in [5, 5.41) is 11.6. The number of allylic oxidation sites excluding steroid dienone is 4. The molecule has 1 N–H and O–H groups in total. The van der Waals surface area contributed by atoms with E-state index in [1.807, 2.05) is 13.0 Å². The quantitative estimate of drug-likeness (QED) is 0.647. The van der Waals surface area contributed by atoms with Crippen LogP contribution < -0.4 is 0 Å². The molecule has 0 aromatic carbocycles. The molecule has 7 heteroatoms. The van der Waals surface area contributed by atoms with Crippen LogP contribution in [0.3, 0.4) is 0 Å². The van der Waals surface area contributed by atoms with Gasteiger partial charge in [0.05, 0.1) is 12.2 Å². The molecule has 9 atom stereocenters. The normalized spacial score (nSPS) is 47.8. The molecule has 0 aromatic heterocycles. The first kappa shape index (κ1) is 22.9. The highest BCUT2D eigenvalue weighted by Crippen LogP contribution is 2.69. The van der Waals surface area contributed by atoms with E-state index in [-0.39, 0.29) is 41.3 Å². The number of esters is 1. The summed E-state index contributed by atoms with van der Waals surface area (Å²) >= 11 is 0. The number of Topliss-reactive ketones (excluding diaryl/α,β-unsaturated/α-hetero) is 1. The molecule has 0 spiro atoms.